The number of fused-ring (bicyclic) bond motifs is 2. The van der Waals surface area contributed by atoms with Crippen molar-refractivity contribution in [1.82, 2.24) is 19.9 Å². The van der Waals surface area contributed by atoms with Gasteiger partial charge in [0, 0.05) is 71.9 Å². The van der Waals surface area contributed by atoms with E-state index < -0.39 is 0 Å². The van der Waals surface area contributed by atoms with Gasteiger partial charge in [-0.05, 0) is 48.2 Å². The summed E-state index contributed by atoms with van der Waals surface area (Å²) in [7, 11) is 0. The Kier molecular flexibility index (Phi) is 5.32. The first-order valence-electron chi connectivity index (χ1n) is 13.3. The minimum atomic E-state index is -0.323. The number of para-hydroxylation sites is 2. The molecule has 2 fully saturated rings. The molecule has 3 aromatic heterocycles. The summed E-state index contributed by atoms with van der Waals surface area (Å²) in [6, 6.07) is 20.6. The van der Waals surface area contributed by atoms with Crippen molar-refractivity contribution in [2.24, 2.45) is 5.92 Å². The number of aromatic nitrogens is 3. The Hall–Kier alpha value is -4.39. The molecule has 0 bridgehead atoms. The van der Waals surface area contributed by atoms with Crippen LogP contribution in [-0.2, 0) is 15.0 Å². The third-order valence-electron chi connectivity index (χ3n) is 8.57. The fourth-order valence-corrected chi connectivity index (χ4v) is 6.62. The Labute approximate surface area is 220 Å². The van der Waals surface area contributed by atoms with Gasteiger partial charge in [0.05, 0.1) is 17.8 Å². The highest BCUT2D eigenvalue weighted by Crippen LogP contribution is 2.47. The SMILES string of the molecule is O=C(C1CC(=O)N(c2cccnc2)C1)N1CCC(c2c[nH]c3ccccc23)(c2c[nH]c3ccccc23)CC1. The molecule has 0 radical (unpaired) electrons. The van der Waals surface area contributed by atoms with E-state index in [2.05, 4.69) is 75.9 Å². The lowest BCUT2D eigenvalue weighted by Crippen LogP contribution is -2.47. The molecular formula is C31H29N5O2. The Morgan fingerprint density at radius 3 is 2.11 bits per heavy atom. The van der Waals surface area contributed by atoms with E-state index in [-0.39, 0.29) is 29.6 Å². The summed E-state index contributed by atoms with van der Waals surface area (Å²) in [6.45, 7) is 1.71. The number of likely N-dealkylation sites (tertiary alicyclic amines) is 1. The number of anilines is 1. The molecule has 0 saturated carbocycles. The van der Waals surface area contributed by atoms with Crippen molar-refractivity contribution in [3.63, 3.8) is 0 Å². The molecule has 5 heterocycles. The second kappa shape index (κ2) is 8.87. The van der Waals surface area contributed by atoms with Gasteiger partial charge in [-0.3, -0.25) is 14.6 Å². The molecule has 38 heavy (non-hydrogen) atoms. The lowest BCUT2D eigenvalue weighted by Gasteiger charge is -2.43. The van der Waals surface area contributed by atoms with Gasteiger partial charge in [-0.1, -0.05) is 36.4 Å². The van der Waals surface area contributed by atoms with Crippen LogP contribution in [-0.4, -0.2) is 51.3 Å². The largest absolute Gasteiger partial charge is 0.361 e. The molecule has 2 aliphatic heterocycles. The number of benzene rings is 2. The van der Waals surface area contributed by atoms with Crippen molar-refractivity contribution in [1.29, 1.82) is 0 Å². The van der Waals surface area contributed by atoms with Gasteiger partial charge in [-0.2, -0.15) is 0 Å². The summed E-state index contributed by atoms with van der Waals surface area (Å²) in [6.07, 6.45) is 9.57. The van der Waals surface area contributed by atoms with Crippen LogP contribution in [0.15, 0.2) is 85.5 Å². The second-order valence-corrected chi connectivity index (χ2v) is 10.5. The highest BCUT2D eigenvalue weighted by molar-refractivity contribution is 6.00. The predicted molar refractivity (Wildman–Crippen MR) is 148 cm³/mol. The van der Waals surface area contributed by atoms with Gasteiger partial charge in [0.25, 0.3) is 0 Å². The molecule has 1 atom stereocenters. The van der Waals surface area contributed by atoms with Crippen LogP contribution < -0.4 is 4.90 Å². The number of H-pyrrole nitrogens is 2. The number of nitrogens with zero attached hydrogens (tertiary/aromatic N) is 3. The number of aromatic amines is 2. The molecule has 190 valence electrons. The first-order valence-corrected chi connectivity index (χ1v) is 13.3. The van der Waals surface area contributed by atoms with Crippen molar-refractivity contribution >= 4 is 39.3 Å². The number of amides is 2. The maximum absolute atomic E-state index is 13.7. The molecule has 2 aromatic carbocycles. The fraction of sp³-hybridized carbons (Fsp3) is 0.258. The zero-order valence-corrected chi connectivity index (χ0v) is 21.1. The molecule has 2 saturated heterocycles. The Bertz CT molecular complexity index is 1570. The quantitative estimate of drug-likeness (QED) is 0.362. The van der Waals surface area contributed by atoms with E-state index in [4.69, 9.17) is 0 Å². The van der Waals surface area contributed by atoms with Crippen molar-refractivity contribution in [2.75, 3.05) is 24.5 Å². The van der Waals surface area contributed by atoms with Crippen molar-refractivity contribution in [2.45, 2.75) is 24.7 Å². The topological polar surface area (TPSA) is 85.1 Å². The molecule has 0 aliphatic carbocycles. The standard InChI is InChI=1S/C31H29N5O2/c37-29-16-21(20-36(29)22-6-5-13-32-17-22)30(38)35-14-11-31(12-15-35,25-18-33-27-9-3-1-7-23(25)27)26-19-34-28-10-4-2-8-24(26)28/h1-10,13,17-19,21,33-34H,11-12,14-16,20H2. The van der Waals surface area contributed by atoms with E-state index in [0.717, 1.165) is 29.6 Å². The van der Waals surface area contributed by atoms with Gasteiger partial charge in [0.15, 0.2) is 0 Å². The van der Waals surface area contributed by atoms with Gasteiger partial charge >= 0.3 is 0 Å². The highest BCUT2D eigenvalue weighted by Gasteiger charge is 2.44. The summed E-state index contributed by atoms with van der Waals surface area (Å²) in [5, 5.41) is 2.46. The monoisotopic (exact) mass is 503 g/mol. The lowest BCUT2D eigenvalue weighted by molar-refractivity contribution is -0.137. The number of hydrogen-bond donors (Lipinski definition) is 2. The fourth-order valence-electron chi connectivity index (χ4n) is 6.62. The molecular weight excluding hydrogens is 474 g/mol. The van der Waals surface area contributed by atoms with E-state index in [1.807, 2.05) is 17.0 Å². The van der Waals surface area contributed by atoms with Crippen molar-refractivity contribution in [3.05, 3.63) is 96.6 Å². The van der Waals surface area contributed by atoms with Crippen LogP contribution in [0.1, 0.15) is 30.4 Å². The van der Waals surface area contributed by atoms with Crippen LogP contribution in [0.25, 0.3) is 21.8 Å². The summed E-state index contributed by atoms with van der Waals surface area (Å²) < 4.78 is 0. The second-order valence-electron chi connectivity index (χ2n) is 10.5. The summed E-state index contributed by atoms with van der Waals surface area (Å²) in [5.74, 6) is -0.257. The van der Waals surface area contributed by atoms with Crippen LogP contribution >= 0.6 is 0 Å². The minimum Gasteiger partial charge on any atom is -0.361 e. The number of carbonyl (C=O) groups is 2. The molecule has 7 rings (SSSR count). The number of rotatable bonds is 4. The smallest absolute Gasteiger partial charge is 0.228 e. The molecule has 7 nitrogen and oxygen atoms in total. The first-order chi connectivity index (χ1) is 18.6. The summed E-state index contributed by atoms with van der Waals surface area (Å²) in [4.78, 5) is 41.2. The third kappa shape index (κ3) is 3.53. The van der Waals surface area contributed by atoms with Crippen LogP contribution in [0, 0.1) is 5.92 Å². The van der Waals surface area contributed by atoms with Crippen LogP contribution in [0.3, 0.4) is 0 Å². The average Bonchev–Trinajstić information content (AvgIpc) is 3.70. The zero-order chi connectivity index (χ0) is 25.7. The summed E-state index contributed by atoms with van der Waals surface area (Å²) in [5.41, 5.74) is 5.33. The first kappa shape index (κ1) is 22.8. The Morgan fingerprint density at radius 1 is 0.868 bits per heavy atom. The normalized spacial score (nSPS) is 19.5. The van der Waals surface area contributed by atoms with Crippen molar-refractivity contribution < 1.29 is 9.59 Å². The van der Waals surface area contributed by atoms with E-state index in [1.54, 1.807) is 17.3 Å². The summed E-state index contributed by atoms with van der Waals surface area (Å²) >= 11 is 0. The van der Waals surface area contributed by atoms with Gasteiger partial charge < -0.3 is 19.8 Å². The van der Waals surface area contributed by atoms with E-state index in [1.165, 1.54) is 21.9 Å². The highest BCUT2D eigenvalue weighted by atomic mass is 16.2. The van der Waals surface area contributed by atoms with Gasteiger partial charge in [-0.15, -0.1) is 0 Å². The Morgan fingerprint density at radius 2 is 1.50 bits per heavy atom. The van der Waals surface area contributed by atoms with Crippen LogP contribution in [0.4, 0.5) is 5.69 Å². The number of hydrogen-bond acceptors (Lipinski definition) is 3. The molecule has 7 heteroatoms. The molecule has 2 N–H and O–H groups in total. The molecule has 2 aliphatic rings. The van der Waals surface area contributed by atoms with Crippen LogP contribution in [0.2, 0.25) is 0 Å². The average molecular weight is 504 g/mol. The number of nitrogens with one attached hydrogen (secondary N) is 2. The maximum Gasteiger partial charge on any atom is 0.228 e. The van der Waals surface area contributed by atoms with E-state index in [9.17, 15) is 9.59 Å². The number of carbonyl (C=O) groups excluding carboxylic acids is 2. The maximum atomic E-state index is 13.7. The van der Waals surface area contributed by atoms with Gasteiger partial charge in [0.2, 0.25) is 11.8 Å². The predicted octanol–water partition coefficient (Wildman–Crippen LogP) is 5.01. The van der Waals surface area contributed by atoms with Crippen molar-refractivity contribution in [3.8, 4) is 0 Å². The third-order valence-corrected chi connectivity index (χ3v) is 8.57. The van der Waals surface area contributed by atoms with E-state index in [0.29, 0.717) is 19.6 Å². The molecule has 0 spiro atoms. The number of piperidine rings is 1. The lowest BCUT2D eigenvalue weighted by atomic mass is 9.67. The molecule has 2 amide bonds. The van der Waals surface area contributed by atoms with E-state index >= 15 is 0 Å². The van der Waals surface area contributed by atoms with Gasteiger partial charge in [0.1, 0.15) is 0 Å². The minimum absolute atomic E-state index is 0.0136. The van der Waals surface area contributed by atoms with Gasteiger partial charge in [-0.25, -0.2) is 0 Å². The molecule has 1 unspecified atom stereocenters. The van der Waals surface area contributed by atoms with Crippen LogP contribution in [0.5, 0.6) is 0 Å². The zero-order valence-electron chi connectivity index (χ0n) is 21.1. The number of pyridine rings is 1. The molecule has 5 aromatic rings. The Balaban J connectivity index is 1.19.